The summed E-state index contributed by atoms with van der Waals surface area (Å²) in [7, 11) is 0. The average molecular weight is 457 g/mol. The third-order valence-electron chi connectivity index (χ3n) is 4.05. The smallest absolute Gasteiger partial charge is 0.259 e. The van der Waals surface area contributed by atoms with Crippen molar-refractivity contribution in [2.75, 3.05) is 10.6 Å². The lowest BCUT2D eigenvalue weighted by Crippen LogP contribution is -2.18. The zero-order chi connectivity index (χ0) is 20.1. The summed E-state index contributed by atoms with van der Waals surface area (Å²) < 4.78 is 0.938. The largest absolute Gasteiger partial charge is 0.322 e. The molecule has 2 amide bonds. The minimum Gasteiger partial charge on any atom is -0.322 e. The first-order valence-corrected chi connectivity index (χ1v) is 10.6. The fourth-order valence-corrected chi connectivity index (χ4v) is 4.03. The molecule has 3 rings (SSSR count). The lowest BCUT2D eigenvalue weighted by molar-refractivity contribution is -0.116. The molecule has 0 saturated carbocycles. The number of anilines is 2. The maximum atomic E-state index is 13.1. The third kappa shape index (κ3) is 5.09. The van der Waals surface area contributed by atoms with Gasteiger partial charge in [0.25, 0.3) is 5.91 Å². The maximum absolute atomic E-state index is 13.1. The number of benzene rings is 2. The Bertz CT molecular complexity index is 966. The molecule has 0 fully saturated rings. The van der Waals surface area contributed by atoms with Crippen LogP contribution in [0.2, 0.25) is 0 Å². The van der Waals surface area contributed by atoms with Crippen LogP contribution in [0, 0.1) is 5.92 Å². The van der Waals surface area contributed by atoms with E-state index in [0.29, 0.717) is 22.7 Å². The molecule has 0 bridgehead atoms. The van der Waals surface area contributed by atoms with Crippen LogP contribution in [0.1, 0.15) is 30.6 Å². The highest BCUT2D eigenvalue weighted by Crippen LogP contribution is 2.36. The van der Waals surface area contributed by atoms with Crippen LogP contribution >= 0.6 is 27.3 Å². The average Bonchev–Trinajstić information content (AvgIpc) is 3.07. The summed E-state index contributed by atoms with van der Waals surface area (Å²) in [6.07, 6.45) is 0.409. The molecule has 0 atom stereocenters. The molecular weight excluding hydrogens is 436 g/mol. The van der Waals surface area contributed by atoms with E-state index >= 15 is 0 Å². The highest BCUT2D eigenvalue weighted by Gasteiger charge is 2.22. The molecule has 1 aromatic heterocycles. The van der Waals surface area contributed by atoms with Crippen molar-refractivity contribution in [2.24, 2.45) is 5.92 Å². The Hall–Kier alpha value is -2.44. The predicted octanol–water partition coefficient (Wildman–Crippen LogP) is 6.41. The Morgan fingerprint density at radius 1 is 1.00 bits per heavy atom. The second-order valence-electron chi connectivity index (χ2n) is 6.83. The van der Waals surface area contributed by atoms with Crippen molar-refractivity contribution in [3.63, 3.8) is 0 Å². The molecule has 0 radical (unpaired) electrons. The van der Waals surface area contributed by atoms with Crippen molar-refractivity contribution in [2.45, 2.75) is 20.3 Å². The van der Waals surface area contributed by atoms with E-state index in [1.807, 2.05) is 73.8 Å². The number of rotatable bonds is 6. The zero-order valence-corrected chi connectivity index (χ0v) is 18.1. The molecule has 4 nitrogen and oxygen atoms in total. The van der Waals surface area contributed by atoms with Crippen LogP contribution < -0.4 is 10.6 Å². The number of carbonyl (C=O) groups is 2. The van der Waals surface area contributed by atoms with Crippen molar-refractivity contribution in [1.82, 2.24) is 0 Å². The summed E-state index contributed by atoms with van der Waals surface area (Å²) in [4.78, 5) is 25.4. The number of amides is 2. The third-order valence-corrected chi connectivity index (χ3v) is 5.48. The second-order valence-corrected chi connectivity index (χ2v) is 8.62. The minimum atomic E-state index is -0.248. The Labute approximate surface area is 177 Å². The molecule has 2 aromatic carbocycles. The van der Waals surface area contributed by atoms with E-state index in [2.05, 4.69) is 26.6 Å². The summed E-state index contributed by atoms with van der Waals surface area (Å²) in [6, 6.07) is 17.1. The Kier molecular flexibility index (Phi) is 6.65. The lowest BCUT2D eigenvalue weighted by atomic mass is 10.0. The molecule has 1 heterocycles. The minimum absolute atomic E-state index is 0.0887. The first kappa shape index (κ1) is 20.3. The number of hydrogen-bond donors (Lipinski definition) is 2. The van der Waals surface area contributed by atoms with Gasteiger partial charge < -0.3 is 10.6 Å². The summed E-state index contributed by atoms with van der Waals surface area (Å²) in [6.45, 7) is 3.98. The topological polar surface area (TPSA) is 58.2 Å². The molecule has 0 spiro atoms. The molecule has 28 heavy (non-hydrogen) atoms. The molecule has 144 valence electrons. The van der Waals surface area contributed by atoms with E-state index in [-0.39, 0.29) is 17.7 Å². The maximum Gasteiger partial charge on any atom is 0.259 e. The van der Waals surface area contributed by atoms with Gasteiger partial charge in [-0.15, -0.1) is 11.3 Å². The standard InChI is InChI=1S/C22H21BrN2O2S/c1-14(2)12-19(26)25-22-20(18(13-28-22)15-6-4-3-5-7-15)21(27)24-17-10-8-16(23)9-11-17/h3-11,13-14H,12H2,1-2H3,(H,24,27)(H,25,26). The summed E-state index contributed by atoms with van der Waals surface area (Å²) in [5.41, 5.74) is 2.92. The van der Waals surface area contributed by atoms with E-state index in [0.717, 1.165) is 15.6 Å². The van der Waals surface area contributed by atoms with E-state index in [1.165, 1.54) is 11.3 Å². The monoisotopic (exact) mass is 456 g/mol. The fourth-order valence-electron chi connectivity index (χ4n) is 2.78. The van der Waals surface area contributed by atoms with Gasteiger partial charge in [0.05, 0.1) is 5.56 Å². The van der Waals surface area contributed by atoms with Crippen molar-refractivity contribution in [1.29, 1.82) is 0 Å². The number of nitrogens with one attached hydrogen (secondary N) is 2. The Morgan fingerprint density at radius 2 is 1.68 bits per heavy atom. The van der Waals surface area contributed by atoms with Gasteiger partial charge in [0.15, 0.2) is 0 Å². The highest BCUT2D eigenvalue weighted by atomic mass is 79.9. The van der Waals surface area contributed by atoms with E-state index in [4.69, 9.17) is 0 Å². The summed E-state index contributed by atoms with van der Waals surface area (Å²) in [5, 5.41) is 8.33. The Balaban J connectivity index is 1.95. The normalized spacial score (nSPS) is 10.7. The molecule has 0 aliphatic rings. The van der Waals surface area contributed by atoms with Crippen molar-refractivity contribution in [3.8, 4) is 11.1 Å². The van der Waals surface area contributed by atoms with Crippen LogP contribution in [0.15, 0.2) is 64.5 Å². The van der Waals surface area contributed by atoms with Crippen LogP contribution in [-0.4, -0.2) is 11.8 Å². The van der Waals surface area contributed by atoms with Gasteiger partial charge in [-0.2, -0.15) is 0 Å². The number of hydrogen-bond acceptors (Lipinski definition) is 3. The predicted molar refractivity (Wildman–Crippen MR) is 120 cm³/mol. The molecule has 0 aliphatic heterocycles. The quantitative estimate of drug-likeness (QED) is 0.449. The fraction of sp³-hybridized carbons (Fsp3) is 0.182. The van der Waals surface area contributed by atoms with E-state index in [9.17, 15) is 9.59 Å². The van der Waals surface area contributed by atoms with Crippen molar-refractivity contribution in [3.05, 3.63) is 70.0 Å². The van der Waals surface area contributed by atoms with Gasteiger partial charge in [0, 0.05) is 27.5 Å². The van der Waals surface area contributed by atoms with Gasteiger partial charge >= 0.3 is 0 Å². The highest BCUT2D eigenvalue weighted by molar-refractivity contribution is 9.10. The van der Waals surface area contributed by atoms with Gasteiger partial charge in [0.1, 0.15) is 5.00 Å². The number of thiophene rings is 1. The first-order chi connectivity index (χ1) is 13.4. The van der Waals surface area contributed by atoms with Crippen LogP contribution in [0.3, 0.4) is 0 Å². The van der Waals surface area contributed by atoms with Crippen LogP contribution in [0.4, 0.5) is 10.7 Å². The van der Waals surface area contributed by atoms with Crippen LogP contribution in [-0.2, 0) is 4.79 Å². The summed E-state index contributed by atoms with van der Waals surface area (Å²) >= 11 is 4.76. The molecular formula is C22H21BrN2O2S. The summed E-state index contributed by atoms with van der Waals surface area (Å²) in [5.74, 6) is -0.0926. The van der Waals surface area contributed by atoms with Gasteiger partial charge in [-0.25, -0.2) is 0 Å². The number of halogens is 1. The molecule has 0 unspecified atom stereocenters. The lowest BCUT2D eigenvalue weighted by Gasteiger charge is -2.11. The first-order valence-electron chi connectivity index (χ1n) is 8.97. The molecule has 0 aliphatic carbocycles. The van der Waals surface area contributed by atoms with Crippen molar-refractivity contribution >= 4 is 49.8 Å². The second kappa shape index (κ2) is 9.17. The van der Waals surface area contributed by atoms with E-state index < -0.39 is 0 Å². The van der Waals surface area contributed by atoms with Gasteiger partial charge in [-0.3, -0.25) is 9.59 Å². The SMILES string of the molecule is CC(C)CC(=O)Nc1scc(-c2ccccc2)c1C(=O)Nc1ccc(Br)cc1. The zero-order valence-electron chi connectivity index (χ0n) is 15.7. The van der Waals surface area contributed by atoms with E-state index in [1.54, 1.807) is 0 Å². The Morgan fingerprint density at radius 3 is 2.32 bits per heavy atom. The van der Waals surface area contributed by atoms with Gasteiger partial charge in [-0.1, -0.05) is 60.1 Å². The van der Waals surface area contributed by atoms with Crippen LogP contribution in [0.5, 0.6) is 0 Å². The van der Waals surface area contributed by atoms with Crippen LogP contribution in [0.25, 0.3) is 11.1 Å². The molecule has 0 saturated heterocycles. The van der Waals surface area contributed by atoms with Gasteiger partial charge in [-0.05, 0) is 35.7 Å². The van der Waals surface area contributed by atoms with Gasteiger partial charge in [0.2, 0.25) is 5.91 Å². The van der Waals surface area contributed by atoms with Crippen molar-refractivity contribution < 1.29 is 9.59 Å². The number of carbonyl (C=O) groups excluding carboxylic acids is 2. The molecule has 2 N–H and O–H groups in total. The molecule has 3 aromatic rings. The molecule has 6 heteroatoms.